The van der Waals surface area contributed by atoms with Crippen molar-refractivity contribution < 1.29 is 15.0 Å². The lowest BCUT2D eigenvalue weighted by atomic mass is 10.0. The molecule has 0 rings (SSSR count). The summed E-state index contributed by atoms with van der Waals surface area (Å²) in [6.07, 6.45) is 39.0. The van der Waals surface area contributed by atoms with E-state index < -0.39 is 12.1 Å². The van der Waals surface area contributed by atoms with E-state index in [0.717, 1.165) is 12.8 Å². The zero-order valence-electron chi connectivity index (χ0n) is 26.7. The molecule has 2 unspecified atom stereocenters. The quantitative estimate of drug-likeness (QED) is 0.0726. The number of aliphatic hydroxyl groups is 2. The highest BCUT2D eigenvalue weighted by Gasteiger charge is 2.18. The molecule has 0 heterocycles. The van der Waals surface area contributed by atoms with Crippen LogP contribution < -0.4 is 5.32 Å². The number of unbranched alkanes of at least 4 members (excludes halogenated alkanes) is 27. The normalized spacial score (nSPS) is 13.0. The van der Waals surface area contributed by atoms with E-state index in [0.29, 0.717) is 6.42 Å². The van der Waals surface area contributed by atoms with E-state index in [-0.39, 0.29) is 12.5 Å². The smallest absolute Gasteiger partial charge is 0.217 e. The van der Waals surface area contributed by atoms with Crippen molar-refractivity contribution in [2.24, 2.45) is 0 Å². The second-order valence-corrected chi connectivity index (χ2v) is 12.4. The third-order valence-corrected chi connectivity index (χ3v) is 8.40. The molecular weight excluding hydrogens is 482 g/mol. The summed E-state index contributed by atoms with van der Waals surface area (Å²) in [5.41, 5.74) is 0. The van der Waals surface area contributed by atoms with Gasteiger partial charge in [0.2, 0.25) is 5.91 Å². The van der Waals surface area contributed by atoms with E-state index in [4.69, 9.17) is 0 Å². The maximum atomic E-state index is 11.1. The minimum atomic E-state index is -0.650. The van der Waals surface area contributed by atoms with Gasteiger partial charge in [0, 0.05) is 6.92 Å². The maximum absolute atomic E-state index is 11.1. The zero-order valence-corrected chi connectivity index (χ0v) is 26.7. The standard InChI is InChI=1S/C35H71NO3/c1-3-4-5-6-7-8-9-10-11-12-13-14-15-16-17-18-19-20-21-22-23-24-25-26-27-28-29-30-31-35(39)34(32-37)36-33(2)38/h34-35,37,39H,3-32H2,1-2H3,(H,36,38). The van der Waals surface area contributed by atoms with Crippen molar-refractivity contribution in [1.29, 1.82) is 0 Å². The number of nitrogens with one attached hydrogen (secondary N) is 1. The van der Waals surface area contributed by atoms with Crippen LogP contribution >= 0.6 is 0 Å². The fourth-order valence-electron chi connectivity index (χ4n) is 5.75. The van der Waals surface area contributed by atoms with Crippen LogP contribution in [0.2, 0.25) is 0 Å². The summed E-state index contributed by atoms with van der Waals surface area (Å²) in [4.78, 5) is 11.1. The van der Waals surface area contributed by atoms with Gasteiger partial charge in [0.25, 0.3) is 0 Å². The van der Waals surface area contributed by atoms with Crippen LogP contribution in [-0.4, -0.2) is 34.9 Å². The van der Waals surface area contributed by atoms with Gasteiger partial charge >= 0.3 is 0 Å². The van der Waals surface area contributed by atoms with Gasteiger partial charge in [0.1, 0.15) is 0 Å². The van der Waals surface area contributed by atoms with E-state index >= 15 is 0 Å². The lowest BCUT2D eigenvalue weighted by Crippen LogP contribution is -2.44. The highest BCUT2D eigenvalue weighted by atomic mass is 16.3. The summed E-state index contributed by atoms with van der Waals surface area (Å²) >= 11 is 0. The van der Waals surface area contributed by atoms with Crippen LogP contribution in [0.4, 0.5) is 0 Å². The predicted molar refractivity (Wildman–Crippen MR) is 170 cm³/mol. The zero-order chi connectivity index (χ0) is 28.7. The fourth-order valence-corrected chi connectivity index (χ4v) is 5.75. The maximum Gasteiger partial charge on any atom is 0.217 e. The van der Waals surface area contributed by atoms with Gasteiger partial charge in [-0.25, -0.2) is 0 Å². The third-order valence-electron chi connectivity index (χ3n) is 8.40. The minimum absolute atomic E-state index is 0.205. The predicted octanol–water partition coefficient (Wildman–Crippen LogP) is 10.2. The summed E-state index contributed by atoms with van der Waals surface area (Å²) in [6, 6.07) is -0.531. The van der Waals surface area contributed by atoms with Crippen LogP contribution in [0.25, 0.3) is 0 Å². The largest absolute Gasteiger partial charge is 0.394 e. The SMILES string of the molecule is CCCCCCCCCCCCCCCCCCCCCCCCCCCCCCC(O)C(CO)NC(C)=O. The van der Waals surface area contributed by atoms with Crippen molar-refractivity contribution in [2.75, 3.05) is 6.61 Å². The van der Waals surface area contributed by atoms with Crippen molar-refractivity contribution in [3.63, 3.8) is 0 Å². The number of carbonyl (C=O) groups is 1. The summed E-state index contributed by atoms with van der Waals surface area (Å²) in [7, 11) is 0. The molecule has 4 heteroatoms. The monoisotopic (exact) mass is 554 g/mol. The highest BCUT2D eigenvalue weighted by molar-refractivity contribution is 5.73. The van der Waals surface area contributed by atoms with Crippen LogP contribution in [0.5, 0.6) is 0 Å². The van der Waals surface area contributed by atoms with Crippen LogP contribution in [0.3, 0.4) is 0 Å². The molecule has 234 valence electrons. The van der Waals surface area contributed by atoms with E-state index in [1.54, 1.807) is 0 Å². The molecule has 39 heavy (non-hydrogen) atoms. The number of amides is 1. The summed E-state index contributed by atoms with van der Waals surface area (Å²) in [5, 5.41) is 22.0. The first-order chi connectivity index (χ1) is 19.1. The van der Waals surface area contributed by atoms with Gasteiger partial charge in [-0.15, -0.1) is 0 Å². The highest BCUT2D eigenvalue weighted by Crippen LogP contribution is 2.16. The Labute approximate surface area is 244 Å². The average Bonchev–Trinajstić information content (AvgIpc) is 2.93. The Morgan fingerprint density at radius 1 is 0.513 bits per heavy atom. The first kappa shape index (κ1) is 38.4. The molecule has 0 saturated heterocycles. The molecule has 0 spiro atoms. The summed E-state index contributed by atoms with van der Waals surface area (Å²) in [6.45, 7) is 3.50. The molecule has 0 saturated carbocycles. The Morgan fingerprint density at radius 2 is 0.769 bits per heavy atom. The average molecular weight is 554 g/mol. The molecular formula is C35H71NO3. The van der Waals surface area contributed by atoms with E-state index in [1.165, 1.54) is 174 Å². The molecule has 0 aliphatic carbocycles. The van der Waals surface area contributed by atoms with E-state index in [2.05, 4.69) is 12.2 Å². The Bertz CT molecular complexity index is 485. The number of aliphatic hydroxyl groups excluding tert-OH is 2. The Hall–Kier alpha value is -0.610. The van der Waals surface area contributed by atoms with E-state index in [9.17, 15) is 15.0 Å². The number of hydrogen-bond donors (Lipinski definition) is 3. The molecule has 0 radical (unpaired) electrons. The van der Waals surface area contributed by atoms with Crippen molar-refractivity contribution in [3.8, 4) is 0 Å². The molecule has 0 aliphatic rings. The molecule has 1 amide bonds. The van der Waals surface area contributed by atoms with Crippen LogP contribution in [0, 0.1) is 0 Å². The second-order valence-electron chi connectivity index (χ2n) is 12.4. The Balaban J connectivity index is 3.17. The Morgan fingerprint density at radius 3 is 1.00 bits per heavy atom. The number of hydrogen-bond acceptors (Lipinski definition) is 3. The molecule has 2 atom stereocenters. The third kappa shape index (κ3) is 30.2. The van der Waals surface area contributed by atoms with Gasteiger partial charge in [-0.05, 0) is 6.42 Å². The van der Waals surface area contributed by atoms with Crippen molar-refractivity contribution in [3.05, 3.63) is 0 Å². The molecule has 0 aliphatic heterocycles. The Kier molecular flexibility index (Phi) is 31.4. The van der Waals surface area contributed by atoms with Crippen molar-refractivity contribution in [1.82, 2.24) is 5.32 Å². The molecule has 0 aromatic carbocycles. The van der Waals surface area contributed by atoms with Gasteiger partial charge in [0.15, 0.2) is 0 Å². The first-order valence-electron chi connectivity index (χ1n) is 17.7. The van der Waals surface area contributed by atoms with E-state index in [1.807, 2.05) is 0 Å². The van der Waals surface area contributed by atoms with Gasteiger partial charge in [0.05, 0.1) is 18.8 Å². The lowest BCUT2D eigenvalue weighted by Gasteiger charge is -2.21. The van der Waals surface area contributed by atoms with Crippen molar-refractivity contribution >= 4 is 5.91 Å². The topological polar surface area (TPSA) is 69.6 Å². The van der Waals surface area contributed by atoms with Crippen LogP contribution in [-0.2, 0) is 4.79 Å². The van der Waals surface area contributed by atoms with Gasteiger partial charge in [-0.2, -0.15) is 0 Å². The molecule has 4 nitrogen and oxygen atoms in total. The number of rotatable bonds is 32. The first-order valence-corrected chi connectivity index (χ1v) is 17.7. The minimum Gasteiger partial charge on any atom is -0.394 e. The van der Waals surface area contributed by atoms with Crippen molar-refractivity contribution in [2.45, 2.75) is 212 Å². The van der Waals surface area contributed by atoms with Gasteiger partial charge < -0.3 is 15.5 Å². The van der Waals surface area contributed by atoms with Gasteiger partial charge in [-0.1, -0.05) is 187 Å². The lowest BCUT2D eigenvalue weighted by molar-refractivity contribution is -0.121. The van der Waals surface area contributed by atoms with Crippen LogP contribution in [0.1, 0.15) is 200 Å². The van der Waals surface area contributed by atoms with Crippen LogP contribution in [0.15, 0.2) is 0 Å². The summed E-state index contributed by atoms with van der Waals surface area (Å²) < 4.78 is 0. The summed E-state index contributed by atoms with van der Waals surface area (Å²) in [5.74, 6) is -0.205. The molecule has 3 N–H and O–H groups in total. The van der Waals surface area contributed by atoms with Gasteiger partial charge in [-0.3, -0.25) is 4.79 Å². The molecule has 0 aromatic heterocycles. The fraction of sp³-hybridized carbons (Fsp3) is 0.971. The molecule has 0 fully saturated rings. The molecule has 0 bridgehead atoms. The molecule has 0 aromatic rings. The number of carbonyl (C=O) groups excluding carboxylic acids is 1. The second kappa shape index (κ2) is 31.9.